The van der Waals surface area contributed by atoms with Crippen LogP contribution in [0.4, 0.5) is 0 Å². The van der Waals surface area contributed by atoms with Gasteiger partial charge in [-0.2, -0.15) is 0 Å². The number of para-hydroxylation sites is 1. The molecular weight excluding hydrogens is 223 g/mol. The van der Waals surface area contributed by atoms with Gasteiger partial charge in [0.2, 0.25) is 0 Å². The van der Waals surface area contributed by atoms with Crippen LogP contribution in [-0.2, 0) is 9.09 Å². The summed E-state index contributed by atoms with van der Waals surface area (Å²) in [5.74, 6) is 0.560. The fourth-order valence-electron chi connectivity index (χ4n) is 1.39. The van der Waals surface area contributed by atoms with Gasteiger partial charge in [0, 0.05) is 5.56 Å². The van der Waals surface area contributed by atoms with Gasteiger partial charge in [-0.05, 0) is 13.0 Å². The predicted molar refractivity (Wildman–Crippen MR) is 54.9 cm³/mol. The highest BCUT2D eigenvalue weighted by atomic mass is 35.5. The summed E-state index contributed by atoms with van der Waals surface area (Å²) < 4.78 is 22.4. The van der Waals surface area contributed by atoms with E-state index in [9.17, 15) is 4.57 Å². The molecule has 0 bridgehead atoms. The molecule has 0 fully saturated rings. The summed E-state index contributed by atoms with van der Waals surface area (Å²) in [4.78, 5) is 0. The molecule has 0 aliphatic carbocycles. The summed E-state index contributed by atoms with van der Waals surface area (Å²) in [6.45, 7) is 2.09. The van der Waals surface area contributed by atoms with Gasteiger partial charge >= 0.3 is 7.60 Å². The maximum absolute atomic E-state index is 12.0. The first kappa shape index (κ1) is 10.0. The highest BCUT2D eigenvalue weighted by molar-refractivity contribution is 7.57. The van der Waals surface area contributed by atoms with Crippen molar-refractivity contribution in [2.45, 2.75) is 12.0 Å². The summed E-state index contributed by atoms with van der Waals surface area (Å²) in [5, 5.41) is -0.682. The Kier molecular flexibility index (Phi) is 2.56. The minimum atomic E-state index is -3.18. The first-order valence-corrected chi connectivity index (χ1v) is 6.39. The Morgan fingerprint density at radius 3 is 2.93 bits per heavy atom. The zero-order chi connectivity index (χ0) is 10.2. The molecule has 1 aliphatic heterocycles. The van der Waals surface area contributed by atoms with Gasteiger partial charge < -0.3 is 4.52 Å². The number of fused-ring (bicyclic) bond motifs is 1. The molecular formula is C9H10ClO3P. The Morgan fingerprint density at radius 1 is 1.57 bits per heavy atom. The number of rotatable bonds is 2. The molecule has 1 aromatic carbocycles. The van der Waals surface area contributed by atoms with Gasteiger partial charge in [-0.3, -0.25) is 4.52 Å². The second-order valence-corrected chi connectivity index (χ2v) is 5.70. The van der Waals surface area contributed by atoms with Gasteiger partial charge in [0.05, 0.1) is 6.61 Å². The minimum Gasteiger partial charge on any atom is -0.423 e. The van der Waals surface area contributed by atoms with Crippen molar-refractivity contribution in [3.05, 3.63) is 29.8 Å². The summed E-state index contributed by atoms with van der Waals surface area (Å²) in [7, 11) is -3.18. The Hall–Kier alpha value is -0.500. The average molecular weight is 233 g/mol. The third-order valence-electron chi connectivity index (χ3n) is 1.99. The molecule has 1 heterocycles. The standard InChI is InChI=1S/C9H10ClO3P/c1-2-12-14(11)9(10)7-5-3-4-6-8(7)13-14/h3-6,9H,2H2,1H3. The third kappa shape index (κ3) is 1.46. The molecule has 0 N–H and O–H groups in total. The second-order valence-electron chi connectivity index (χ2n) is 2.92. The number of hydrogen-bond acceptors (Lipinski definition) is 3. The molecule has 0 saturated carbocycles. The van der Waals surface area contributed by atoms with E-state index in [0.717, 1.165) is 5.56 Å². The van der Waals surface area contributed by atoms with Crippen LogP contribution in [-0.4, -0.2) is 6.61 Å². The van der Waals surface area contributed by atoms with E-state index in [1.54, 1.807) is 19.1 Å². The Labute approximate surface area is 87.5 Å². The third-order valence-corrected chi connectivity index (χ3v) is 4.84. The van der Waals surface area contributed by atoms with Crippen LogP contribution in [0.15, 0.2) is 24.3 Å². The van der Waals surface area contributed by atoms with E-state index in [-0.39, 0.29) is 0 Å². The van der Waals surface area contributed by atoms with Crippen LogP contribution >= 0.6 is 19.2 Å². The smallest absolute Gasteiger partial charge is 0.401 e. The van der Waals surface area contributed by atoms with E-state index in [2.05, 4.69) is 0 Å². The van der Waals surface area contributed by atoms with Gasteiger partial charge in [-0.15, -0.1) is 11.6 Å². The van der Waals surface area contributed by atoms with Gasteiger partial charge in [0.25, 0.3) is 0 Å². The summed E-state index contributed by atoms with van der Waals surface area (Å²) in [5.41, 5.74) is 0.742. The van der Waals surface area contributed by atoms with Crippen LogP contribution in [0.25, 0.3) is 0 Å². The molecule has 1 aliphatic rings. The minimum absolute atomic E-state index is 0.328. The lowest BCUT2D eigenvalue weighted by molar-refractivity contribution is 0.284. The first-order valence-electron chi connectivity index (χ1n) is 4.34. The molecule has 0 saturated heterocycles. The Balaban J connectivity index is 2.38. The van der Waals surface area contributed by atoms with Crippen molar-refractivity contribution < 1.29 is 13.6 Å². The van der Waals surface area contributed by atoms with Crippen molar-refractivity contribution in [1.82, 2.24) is 0 Å². The SMILES string of the molecule is CCOP1(=O)Oc2ccccc2C1Cl. The maximum Gasteiger partial charge on any atom is 0.401 e. The largest absolute Gasteiger partial charge is 0.423 e. The van der Waals surface area contributed by atoms with Gasteiger partial charge in [-0.25, -0.2) is 4.57 Å². The molecule has 1 aromatic rings. The Bertz CT molecular complexity index is 393. The molecule has 3 nitrogen and oxygen atoms in total. The Morgan fingerprint density at radius 2 is 2.29 bits per heavy atom. The molecule has 0 amide bonds. The summed E-state index contributed by atoms with van der Waals surface area (Å²) >= 11 is 6.02. The molecule has 2 rings (SSSR count). The monoisotopic (exact) mass is 232 g/mol. The van der Waals surface area contributed by atoms with Gasteiger partial charge in [0.15, 0.2) is 5.12 Å². The van der Waals surface area contributed by atoms with E-state index >= 15 is 0 Å². The molecule has 2 atom stereocenters. The number of benzene rings is 1. The zero-order valence-corrected chi connectivity index (χ0v) is 9.29. The van der Waals surface area contributed by atoms with Crippen LogP contribution in [0.1, 0.15) is 17.6 Å². The van der Waals surface area contributed by atoms with E-state index in [1.165, 1.54) is 0 Å². The second kappa shape index (κ2) is 3.58. The van der Waals surface area contributed by atoms with E-state index in [0.29, 0.717) is 12.4 Å². The van der Waals surface area contributed by atoms with Crippen molar-refractivity contribution >= 4 is 19.2 Å². The van der Waals surface area contributed by atoms with Crippen molar-refractivity contribution in [3.63, 3.8) is 0 Å². The molecule has 0 aromatic heterocycles. The van der Waals surface area contributed by atoms with E-state index in [4.69, 9.17) is 20.6 Å². The topological polar surface area (TPSA) is 35.5 Å². The van der Waals surface area contributed by atoms with E-state index in [1.807, 2.05) is 12.1 Å². The van der Waals surface area contributed by atoms with Crippen LogP contribution in [0.2, 0.25) is 0 Å². The molecule has 0 spiro atoms. The van der Waals surface area contributed by atoms with Crippen molar-refractivity contribution in [2.75, 3.05) is 6.61 Å². The van der Waals surface area contributed by atoms with Crippen LogP contribution in [0, 0.1) is 0 Å². The van der Waals surface area contributed by atoms with Gasteiger partial charge in [-0.1, -0.05) is 18.2 Å². The van der Waals surface area contributed by atoms with Crippen molar-refractivity contribution in [2.24, 2.45) is 0 Å². The van der Waals surface area contributed by atoms with Crippen LogP contribution in [0.3, 0.4) is 0 Å². The fourth-order valence-corrected chi connectivity index (χ4v) is 3.49. The summed E-state index contributed by atoms with van der Waals surface area (Å²) in [6, 6.07) is 7.18. The highest BCUT2D eigenvalue weighted by Crippen LogP contribution is 2.69. The quantitative estimate of drug-likeness (QED) is 0.578. The van der Waals surface area contributed by atoms with Crippen LogP contribution in [0.5, 0.6) is 5.75 Å². The molecule has 14 heavy (non-hydrogen) atoms. The normalized spacial score (nSPS) is 29.7. The number of alkyl halides is 1. The lowest BCUT2D eigenvalue weighted by atomic mass is 10.2. The molecule has 0 radical (unpaired) electrons. The highest BCUT2D eigenvalue weighted by Gasteiger charge is 2.44. The molecule has 76 valence electrons. The van der Waals surface area contributed by atoms with E-state index < -0.39 is 12.7 Å². The summed E-state index contributed by atoms with van der Waals surface area (Å²) in [6.07, 6.45) is 0. The number of halogens is 1. The lowest BCUT2D eigenvalue weighted by Crippen LogP contribution is -1.95. The lowest BCUT2D eigenvalue weighted by Gasteiger charge is -2.12. The zero-order valence-electron chi connectivity index (χ0n) is 7.64. The van der Waals surface area contributed by atoms with Gasteiger partial charge in [0.1, 0.15) is 5.75 Å². The predicted octanol–water partition coefficient (Wildman–Crippen LogP) is 3.55. The number of hydrogen-bond donors (Lipinski definition) is 0. The first-order chi connectivity index (χ1) is 6.67. The molecule has 5 heteroatoms. The maximum atomic E-state index is 12.0. The fraction of sp³-hybridized carbons (Fsp3) is 0.333. The van der Waals surface area contributed by atoms with Crippen LogP contribution < -0.4 is 4.52 Å². The van der Waals surface area contributed by atoms with Crippen molar-refractivity contribution in [1.29, 1.82) is 0 Å². The molecule has 2 unspecified atom stereocenters. The average Bonchev–Trinajstić information content (AvgIpc) is 2.41. The van der Waals surface area contributed by atoms with Crippen molar-refractivity contribution in [3.8, 4) is 5.75 Å².